The van der Waals surface area contributed by atoms with E-state index in [0.717, 1.165) is 6.07 Å². The van der Waals surface area contributed by atoms with Crippen molar-refractivity contribution in [2.45, 2.75) is 6.36 Å². The van der Waals surface area contributed by atoms with Crippen molar-refractivity contribution in [1.29, 1.82) is 0 Å². The van der Waals surface area contributed by atoms with E-state index in [1.165, 1.54) is 6.07 Å². The van der Waals surface area contributed by atoms with Crippen LogP contribution in [0, 0.1) is 0 Å². The van der Waals surface area contributed by atoms with Gasteiger partial charge in [0, 0.05) is 0 Å². The molecule has 0 radical (unpaired) electrons. The van der Waals surface area contributed by atoms with Gasteiger partial charge in [-0.25, -0.2) is 4.98 Å². The number of nitrogens with two attached hydrogens (primary N) is 1. The van der Waals surface area contributed by atoms with Crippen molar-refractivity contribution in [2.24, 2.45) is 5.73 Å². The lowest BCUT2D eigenvalue weighted by atomic mass is 10.2. The second-order valence-corrected chi connectivity index (χ2v) is 3.21. The zero-order valence-electron chi connectivity index (χ0n) is 7.01. The number of rotatable bonds is 2. The molecule has 0 fully saturated rings. The summed E-state index contributed by atoms with van der Waals surface area (Å²) in [5.74, 6) is -1.92. The number of primary amides is 1. The Morgan fingerprint density at radius 3 is 2.53 bits per heavy atom. The van der Waals surface area contributed by atoms with E-state index in [9.17, 15) is 18.0 Å². The number of nitrogens with zero attached hydrogens (tertiary/aromatic N) is 1. The van der Waals surface area contributed by atoms with Gasteiger partial charge in [0.1, 0.15) is 10.2 Å². The van der Waals surface area contributed by atoms with Crippen molar-refractivity contribution in [3.63, 3.8) is 0 Å². The van der Waals surface area contributed by atoms with Gasteiger partial charge in [-0.2, -0.15) is 0 Å². The highest BCUT2D eigenvalue weighted by molar-refractivity contribution is 9.10. The minimum Gasteiger partial charge on any atom is -0.387 e. The summed E-state index contributed by atoms with van der Waals surface area (Å²) in [6.07, 6.45) is -4.92. The van der Waals surface area contributed by atoms with Crippen LogP contribution in [0.15, 0.2) is 16.7 Å². The summed E-state index contributed by atoms with van der Waals surface area (Å²) < 4.78 is 39.3. The molecule has 0 saturated heterocycles. The van der Waals surface area contributed by atoms with Crippen molar-refractivity contribution in [3.8, 4) is 5.88 Å². The van der Waals surface area contributed by atoms with Gasteiger partial charge >= 0.3 is 6.36 Å². The van der Waals surface area contributed by atoms with Crippen LogP contribution in [0.1, 0.15) is 10.4 Å². The molecule has 82 valence electrons. The van der Waals surface area contributed by atoms with Crippen LogP contribution in [0.3, 0.4) is 0 Å². The van der Waals surface area contributed by atoms with E-state index in [-0.39, 0.29) is 4.60 Å². The normalized spacial score (nSPS) is 11.2. The molecule has 0 spiro atoms. The first-order valence-corrected chi connectivity index (χ1v) is 4.31. The average molecular weight is 285 g/mol. The largest absolute Gasteiger partial charge is 0.574 e. The zero-order chi connectivity index (χ0) is 11.6. The smallest absolute Gasteiger partial charge is 0.387 e. The summed E-state index contributed by atoms with van der Waals surface area (Å²) in [6, 6.07) is 2.36. The highest BCUT2D eigenvalue weighted by Gasteiger charge is 2.33. The molecule has 1 aromatic heterocycles. The van der Waals surface area contributed by atoms with Gasteiger partial charge in [-0.15, -0.1) is 13.2 Å². The van der Waals surface area contributed by atoms with Crippen LogP contribution in [0.25, 0.3) is 0 Å². The van der Waals surface area contributed by atoms with Gasteiger partial charge in [-0.05, 0) is 28.1 Å². The van der Waals surface area contributed by atoms with Crippen LogP contribution in [0.2, 0.25) is 0 Å². The molecule has 0 saturated carbocycles. The maximum atomic E-state index is 11.9. The van der Waals surface area contributed by atoms with Crippen molar-refractivity contribution < 1.29 is 22.7 Å². The molecule has 4 nitrogen and oxygen atoms in total. The lowest BCUT2D eigenvalue weighted by molar-refractivity contribution is -0.276. The average Bonchev–Trinajstić information content (AvgIpc) is 1.99. The summed E-state index contributed by atoms with van der Waals surface area (Å²) in [5, 5.41) is 0. The predicted molar refractivity (Wildman–Crippen MR) is 47.1 cm³/mol. The summed E-state index contributed by atoms with van der Waals surface area (Å²) in [6.45, 7) is 0. The van der Waals surface area contributed by atoms with Gasteiger partial charge in [0.2, 0.25) is 5.88 Å². The number of amides is 1. The molecule has 0 aromatic carbocycles. The highest BCUT2D eigenvalue weighted by atomic mass is 79.9. The Balaban J connectivity index is 3.13. The fourth-order valence-corrected chi connectivity index (χ4v) is 1.09. The monoisotopic (exact) mass is 284 g/mol. The number of ether oxygens (including phenoxy) is 1. The first-order chi connectivity index (χ1) is 6.79. The van der Waals surface area contributed by atoms with E-state index in [4.69, 9.17) is 5.73 Å². The third-order valence-electron chi connectivity index (χ3n) is 1.30. The molecule has 0 unspecified atom stereocenters. The number of hydrogen-bond acceptors (Lipinski definition) is 3. The van der Waals surface area contributed by atoms with Crippen LogP contribution >= 0.6 is 15.9 Å². The number of halogens is 4. The third-order valence-corrected chi connectivity index (χ3v) is 1.75. The van der Waals surface area contributed by atoms with Crippen LogP contribution < -0.4 is 10.5 Å². The van der Waals surface area contributed by atoms with Gasteiger partial charge < -0.3 is 10.5 Å². The molecule has 0 atom stereocenters. The molecule has 1 heterocycles. The molecule has 0 aliphatic rings. The molecular weight excluding hydrogens is 281 g/mol. The second-order valence-electron chi connectivity index (χ2n) is 2.40. The summed E-state index contributed by atoms with van der Waals surface area (Å²) >= 11 is 2.84. The molecule has 2 N–H and O–H groups in total. The van der Waals surface area contributed by atoms with E-state index >= 15 is 0 Å². The van der Waals surface area contributed by atoms with E-state index in [2.05, 4.69) is 25.7 Å². The standard InChI is InChI=1S/C7H4BrF3N2O2/c8-4-2-1-3(5(12)14)6(13-4)15-7(9,10)11/h1-2H,(H2,12,14). The maximum absolute atomic E-state index is 11.9. The van der Waals surface area contributed by atoms with Gasteiger partial charge in [0.25, 0.3) is 5.91 Å². The second kappa shape index (κ2) is 4.05. The summed E-state index contributed by atoms with van der Waals surface area (Å²) in [5.41, 5.74) is 4.41. The van der Waals surface area contributed by atoms with Crippen molar-refractivity contribution >= 4 is 21.8 Å². The first kappa shape index (κ1) is 11.8. The fraction of sp³-hybridized carbons (Fsp3) is 0.143. The quantitative estimate of drug-likeness (QED) is 0.843. The lowest BCUT2D eigenvalue weighted by Crippen LogP contribution is -2.22. The maximum Gasteiger partial charge on any atom is 0.574 e. The van der Waals surface area contributed by atoms with Crippen molar-refractivity contribution in [3.05, 3.63) is 22.3 Å². The summed E-state index contributed by atoms with van der Waals surface area (Å²) in [7, 11) is 0. The molecule has 8 heteroatoms. The number of alkyl halides is 3. The Hall–Kier alpha value is -1.31. The van der Waals surface area contributed by atoms with E-state index < -0.39 is 23.7 Å². The van der Waals surface area contributed by atoms with Crippen molar-refractivity contribution in [2.75, 3.05) is 0 Å². The van der Waals surface area contributed by atoms with E-state index in [1.54, 1.807) is 0 Å². The Labute approximate surface area is 90.4 Å². The van der Waals surface area contributed by atoms with Crippen LogP contribution in [0.4, 0.5) is 13.2 Å². The highest BCUT2D eigenvalue weighted by Crippen LogP contribution is 2.25. The van der Waals surface area contributed by atoms with Crippen LogP contribution in [-0.4, -0.2) is 17.3 Å². The Kier molecular flexibility index (Phi) is 3.18. The minimum absolute atomic E-state index is 0.103. The third kappa shape index (κ3) is 3.39. The molecule has 1 rings (SSSR count). The number of carbonyl (C=O) groups is 1. The molecule has 1 aromatic rings. The lowest BCUT2D eigenvalue weighted by Gasteiger charge is -2.10. The Morgan fingerprint density at radius 2 is 2.07 bits per heavy atom. The number of hydrogen-bond donors (Lipinski definition) is 1. The van der Waals surface area contributed by atoms with Gasteiger partial charge in [-0.3, -0.25) is 4.79 Å². The number of pyridine rings is 1. The molecule has 0 aliphatic carbocycles. The molecule has 0 aliphatic heterocycles. The van der Waals surface area contributed by atoms with Gasteiger partial charge in [0.05, 0.1) is 0 Å². The van der Waals surface area contributed by atoms with Crippen molar-refractivity contribution in [1.82, 2.24) is 4.98 Å². The van der Waals surface area contributed by atoms with Gasteiger partial charge in [-0.1, -0.05) is 0 Å². The van der Waals surface area contributed by atoms with E-state index in [1.807, 2.05) is 0 Å². The number of aromatic nitrogens is 1. The minimum atomic E-state index is -4.92. The van der Waals surface area contributed by atoms with Crippen LogP contribution in [-0.2, 0) is 0 Å². The fourth-order valence-electron chi connectivity index (χ4n) is 0.793. The predicted octanol–water partition coefficient (Wildman–Crippen LogP) is 1.84. The first-order valence-electron chi connectivity index (χ1n) is 3.51. The zero-order valence-corrected chi connectivity index (χ0v) is 8.59. The topological polar surface area (TPSA) is 65.2 Å². The van der Waals surface area contributed by atoms with Gasteiger partial charge in [0.15, 0.2) is 0 Å². The Morgan fingerprint density at radius 1 is 1.47 bits per heavy atom. The molecule has 15 heavy (non-hydrogen) atoms. The molecule has 0 bridgehead atoms. The summed E-state index contributed by atoms with van der Waals surface area (Å²) in [4.78, 5) is 14.1. The molecular formula is C7H4BrF3N2O2. The molecule has 1 amide bonds. The van der Waals surface area contributed by atoms with E-state index in [0.29, 0.717) is 0 Å². The van der Waals surface area contributed by atoms with Crippen LogP contribution in [0.5, 0.6) is 5.88 Å². The Bertz CT molecular complexity index is 394. The SMILES string of the molecule is NC(=O)c1ccc(Br)nc1OC(F)(F)F. The number of carbonyl (C=O) groups excluding carboxylic acids is 1.